The molecule has 3 rings (SSSR count). The van der Waals surface area contributed by atoms with Crippen molar-refractivity contribution in [2.45, 2.75) is 38.6 Å². The number of aryl methyl sites for hydroxylation is 1. The summed E-state index contributed by atoms with van der Waals surface area (Å²) in [6.07, 6.45) is 3.39. The standard InChI is InChI=1S/C17H22N2O2/c1-12-4-2-3-5-13(12)8-10-19-11-9-15(20)18-16(17(19)21)14-6-7-14/h2-5,14,16H,6-11H2,1H3,(H,18,20). The van der Waals surface area contributed by atoms with Gasteiger partial charge in [0, 0.05) is 19.5 Å². The van der Waals surface area contributed by atoms with Crippen LogP contribution in [0.15, 0.2) is 24.3 Å². The van der Waals surface area contributed by atoms with Crippen molar-refractivity contribution < 1.29 is 9.59 Å². The lowest BCUT2D eigenvalue weighted by Crippen LogP contribution is -2.46. The predicted octanol–water partition coefficient (Wildman–Crippen LogP) is 1.66. The van der Waals surface area contributed by atoms with E-state index in [1.54, 1.807) is 0 Å². The van der Waals surface area contributed by atoms with E-state index < -0.39 is 0 Å². The van der Waals surface area contributed by atoms with Crippen LogP contribution in [-0.2, 0) is 16.0 Å². The van der Waals surface area contributed by atoms with Gasteiger partial charge in [-0.15, -0.1) is 0 Å². The molecule has 4 heteroatoms. The molecule has 0 spiro atoms. The van der Waals surface area contributed by atoms with E-state index in [0.717, 1.165) is 19.3 Å². The highest BCUT2D eigenvalue weighted by Gasteiger charge is 2.40. The van der Waals surface area contributed by atoms with Gasteiger partial charge >= 0.3 is 0 Å². The first-order valence-corrected chi connectivity index (χ1v) is 7.78. The molecule has 1 N–H and O–H groups in total. The van der Waals surface area contributed by atoms with Crippen LogP contribution < -0.4 is 5.32 Å². The SMILES string of the molecule is Cc1ccccc1CCN1CCC(=O)NC(C2CC2)C1=O. The van der Waals surface area contributed by atoms with Crippen LogP contribution >= 0.6 is 0 Å². The number of hydrogen-bond acceptors (Lipinski definition) is 2. The second-order valence-electron chi connectivity index (χ2n) is 6.13. The smallest absolute Gasteiger partial charge is 0.245 e. The van der Waals surface area contributed by atoms with E-state index >= 15 is 0 Å². The molecule has 2 fully saturated rings. The van der Waals surface area contributed by atoms with Gasteiger partial charge in [-0.1, -0.05) is 24.3 Å². The molecule has 2 amide bonds. The summed E-state index contributed by atoms with van der Waals surface area (Å²) in [6.45, 7) is 3.33. The van der Waals surface area contributed by atoms with E-state index in [0.29, 0.717) is 25.4 Å². The molecule has 4 nitrogen and oxygen atoms in total. The van der Waals surface area contributed by atoms with Gasteiger partial charge in [-0.2, -0.15) is 0 Å². The van der Waals surface area contributed by atoms with Crippen molar-refractivity contribution in [3.8, 4) is 0 Å². The molecule has 1 aromatic rings. The average Bonchev–Trinajstić information content (AvgIpc) is 3.30. The topological polar surface area (TPSA) is 49.4 Å². The van der Waals surface area contributed by atoms with Crippen molar-refractivity contribution >= 4 is 11.8 Å². The number of carbonyl (C=O) groups is 2. The van der Waals surface area contributed by atoms with Crippen LogP contribution in [0.5, 0.6) is 0 Å². The minimum absolute atomic E-state index is 0.0126. The predicted molar refractivity (Wildman–Crippen MR) is 80.7 cm³/mol. The minimum Gasteiger partial charge on any atom is -0.344 e. The maximum absolute atomic E-state index is 12.6. The van der Waals surface area contributed by atoms with Crippen LogP contribution in [0, 0.1) is 12.8 Å². The summed E-state index contributed by atoms with van der Waals surface area (Å²) in [5, 5.41) is 2.90. The zero-order chi connectivity index (χ0) is 14.8. The molecule has 1 unspecified atom stereocenters. The Morgan fingerprint density at radius 2 is 2.00 bits per heavy atom. The molecule has 21 heavy (non-hydrogen) atoms. The Balaban J connectivity index is 1.67. The largest absolute Gasteiger partial charge is 0.344 e. The third-order valence-electron chi connectivity index (χ3n) is 4.51. The third-order valence-corrected chi connectivity index (χ3v) is 4.51. The fourth-order valence-corrected chi connectivity index (χ4v) is 2.97. The molecule has 1 saturated carbocycles. The Morgan fingerprint density at radius 1 is 1.24 bits per heavy atom. The number of rotatable bonds is 4. The lowest BCUT2D eigenvalue weighted by Gasteiger charge is -2.24. The van der Waals surface area contributed by atoms with Gasteiger partial charge in [-0.3, -0.25) is 9.59 Å². The fourth-order valence-electron chi connectivity index (χ4n) is 2.97. The van der Waals surface area contributed by atoms with Crippen LogP contribution in [0.2, 0.25) is 0 Å². The minimum atomic E-state index is -0.281. The monoisotopic (exact) mass is 286 g/mol. The first-order valence-electron chi connectivity index (χ1n) is 7.78. The van der Waals surface area contributed by atoms with Crippen LogP contribution in [0.4, 0.5) is 0 Å². The van der Waals surface area contributed by atoms with E-state index in [2.05, 4.69) is 24.4 Å². The molecule has 0 radical (unpaired) electrons. The highest BCUT2D eigenvalue weighted by molar-refractivity contribution is 5.90. The molecule has 1 heterocycles. The van der Waals surface area contributed by atoms with Gasteiger partial charge in [0.2, 0.25) is 11.8 Å². The second-order valence-corrected chi connectivity index (χ2v) is 6.13. The summed E-state index contributed by atoms with van der Waals surface area (Å²) in [7, 11) is 0. The Bertz CT molecular complexity index is 551. The molecule has 1 atom stereocenters. The average molecular weight is 286 g/mol. The Kier molecular flexibility index (Phi) is 3.95. The lowest BCUT2D eigenvalue weighted by molar-refractivity contribution is -0.134. The summed E-state index contributed by atoms with van der Waals surface area (Å²) in [4.78, 5) is 26.2. The Morgan fingerprint density at radius 3 is 2.71 bits per heavy atom. The first-order chi connectivity index (χ1) is 10.1. The first kappa shape index (κ1) is 14.1. The summed E-state index contributed by atoms with van der Waals surface area (Å²) in [6, 6.07) is 7.99. The van der Waals surface area contributed by atoms with Gasteiger partial charge in [-0.25, -0.2) is 0 Å². The third kappa shape index (κ3) is 3.26. The normalized spacial score (nSPS) is 22.9. The Labute approximate surface area is 125 Å². The van der Waals surface area contributed by atoms with Crippen molar-refractivity contribution in [2.24, 2.45) is 5.92 Å². The number of hydrogen-bond donors (Lipinski definition) is 1. The van der Waals surface area contributed by atoms with Gasteiger partial charge in [0.1, 0.15) is 6.04 Å². The summed E-state index contributed by atoms with van der Waals surface area (Å²) in [5.74, 6) is 0.482. The van der Waals surface area contributed by atoms with Crippen LogP contribution in [-0.4, -0.2) is 35.8 Å². The number of nitrogens with one attached hydrogen (secondary N) is 1. The maximum atomic E-state index is 12.6. The molecule has 1 aliphatic carbocycles. The zero-order valence-corrected chi connectivity index (χ0v) is 12.5. The Hall–Kier alpha value is -1.84. The van der Waals surface area contributed by atoms with Crippen molar-refractivity contribution in [1.29, 1.82) is 0 Å². The quantitative estimate of drug-likeness (QED) is 0.915. The second kappa shape index (κ2) is 5.88. The molecule has 112 valence electrons. The highest BCUT2D eigenvalue weighted by Crippen LogP contribution is 2.34. The fraction of sp³-hybridized carbons (Fsp3) is 0.529. The number of carbonyl (C=O) groups excluding carboxylic acids is 2. The molecular formula is C17H22N2O2. The summed E-state index contributed by atoms with van der Waals surface area (Å²) in [5.41, 5.74) is 2.53. The molecule has 0 aromatic heterocycles. The van der Waals surface area contributed by atoms with Crippen LogP contribution in [0.25, 0.3) is 0 Å². The molecule has 0 bridgehead atoms. The molecular weight excluding hydrogens is 264 g/mol. The molecule has 2 aliphatic rings. The zero-order valence-electron chi connectivity index (χ0n) is 12.5. The van der Waals surface area contributed by atoms with E-state index in [4.69, 9.17) is 0 Å². The number of nitrogens with zero attached hydrogens (tertiary/aromatic N) is 1. The van der Waals surface area contributed by atoms with Gasteiger partial charge in [0.05, 0.1) is 0 Å². The van der Waals surface area contributed by atoms with Gasteiger partial charge < -0.3 is 10.2 Å². The van der Waals surface area contributed by atoms with Gasteiger partial charge in [0.25, 0.3) is 0 Å². The van der Waals surface area contributed by atoms with Crippen LogP contribution in [0.1, 0.15) is 30.4 Å². The highest BCUT2D eigenvalue weighted by atomic mass is 16.2. The number of benzene rings is 1. The van der Waals surface area contributed by atoms with E-state index in [1.165, 1.54) is 11.1 Å². The van der Waals surface area contributed by atoms with Crippen molar-refractivity contribution in [2.75, 3.05) is 13.1 Å². The number of amides is 2. The van der Waals surface area contributed by atoms with Crippen molar-refractivity contribution in [3.63, 3.8) is 0 Å². The van der Waals surface area contributed by atoms with Gasteiger partial charge in [0.15, 0.2) is 0 Å². The van der Waals surface area contributed by atoms with E-state index in [1.807, 2.05) is 17.0 Å². The lowest BCUT2D eigenvalue weighted by atomic mass is 10.1. The maximum Gasteiger partial charge on any atom is 0.245 e. The molecule has 1 aliphatic heterocycles. The van der Waals surface area contributed by atoms with E-state index in [9.17, 15) is 9.59 Å². The van der Waals surface area contributed by atoms with Crippen molar-refractivity contribution in [3.05, 3.63) is 35.4 Å². The van der Waals surface area contributed by atoms with E-state index in [-0.39, 0.29) is 17.9 Å². The summed E-state index contributed by atoms with van der Waals surface area (Å²) >= 11 is 0. The van der Waals surface area contributed by atoms with Crippen molar-refractivity contribution in [1.82, 2.24) is 10.2 Å². The van der Waals surface area contributed by atoms with Gasteiger partial charge in [-0.05, 0) is 43.2 Å². The van der Waals surface area contributed by atoms with Crippen LogP contribution in [0.3, 0.4) is 0 Å². The molecule has 1 saturated heterocycles. The molecule has 1 aromatic carbocycles. The summed E-state index contributed by atoms with van der Waals surface area (Å²) < 4.78 is 0.